The van der Waals surface area contributed by atoms with Gasteiger partial charge in [0.2, 0.25) is 0 Å². The number of hydrogen-bond acceptors (Lipinski definition) is 3. The summed E-state index contributed by atoms with van der Waals surface area (Å²) in [5.41, 5.74) is 1.92. The molecule has 3 fully saturated rings. The van der Waals surface area contributed by atoms with E-state index in [9.17, 15) is 9.59 Å². The third-order valence-corrected chi connectivity index (χ3v) is 8.01. The smallest absolute Gasteiger partial charge is 0.330 e. The zero-order valence-electron chi connectivity index (χ0n) is 24.2. The normalized spacial score (nSPS) is 27.9. The molecule has 4 bridgehead atoms. The molecule has 211 valence electrons. The number of carboxylic acids is 1. The van der Waals surface area contributed by atoms with Gasteiger partial charge in [-0.15, -0.1) is 5.92 Å². The molecule has 2 aromatic carbocycles. The molecule has 1 N–H and O–H groups in total. The maximum absolute atomic E-state index is 12.0. The minimum absolute atomic E-state index is 0. The Morgan fingerprint density at radius 1 is 0.825 bits per heavy atom. The van der Waals surface area contributed by atoms with Crippen molar-refractivity contribution in [2.45, 2.75) is 40.5 Å². The van der Waals surface area contributed by atoms with E-state index in [1.54, 1.807) is 12.2 Å². The second-order valence-electron chi connectivity index (χ2n) is 9.98. The Balaban J connectivity index is 0.000000298. The van der Waals surface area contributed by atoms with Crippen LogP contribution in [0.5, 0.6) is 0 Å². The Labute approximate surface area is 265 Å². The van der Waals surface area contributed by atoms with Crippen LogP contribution in [0.3, 0.4) is 0 Å². The van der Waals surface area contributed by atoms with Gasteiger partial charge in [-0.1, -0.05) is 119 Å². The van der Waals surface area contributed by atoms with Gasteiger partial charge in [0.05, 0.1) is 6.61 Å². The largest absolute Gasteiger partial charge is 0.478 e. The van der Waals surface area contributed by atoms with E-state index in [1.165, 1.54) is 12.8 Å². The Hall–Kier alpha value is -2.30. The second-order valence-corrected chi connectivity index (χ2v) is 9.98. The molecule has 0 heterocycles. The predicted octanol–water partition coefficient (Wildman–Crippen LogP) is 7.99. The van der Waals surface area contributed by atoms with E-state index >= 15 is 0 Å². The fraction of sp³-hybridized carbons (Fsp3) is 0.400. The van der Waals surface area contributed by atoms with Crippen LogP contribution in [0.25, 0.3) is 12.2 Å². The van der Waals surface area contributed by atoms with E-state index in [0.29, 0.717) is 12.5 Å². The predicted molar refractivity (Wildman–Crippen MR) is 159 cm³/mol. The van der Waals surface area contributed by atoms with Gasteiger partial charge in [0.25, 0.3) is 0 Å². The monoisotopic (exact) mass is 616 g/mol. The summed E-state index contributed by atoms with van der Waals surface area (Å²) in [6, 6.07) is 19.2. The van der Waals surface area contributed by atoms with Crippen molar-refractivity contribution >= 4 is 24.1 Å². The maximum Gasteiger partial charge on any atom is 0.330 e. The first-order valence-corrected chi connectivity index (χ1v) is 14.5. The number of rotatable bonds is 6. The van der Waals surface area contributed by atoms with Gasteiger partial charge in [-0.05, 0) is 47.5 Å². The molecule has 7 unspecified atom stereocenters. The first kappa shape index (κ1) is 33.9. The summed E-state index contributed by atoms with van der Waals surface area (Å²) in [4.78, 5) is 22.1. The van der Waals surface area contributed by atoms with Crippen molar-refractivity contribution < 1.29 is 52.1 Å². The summed E-state index contributed by atoms with van der Waals surface area (Å²) < 4.78 is 5.55. The van der Waals surface area contributed by atoms with Crippen molar-refractivity contribution in [1.29, 1.82) is 0 Å². The van der Waals surface area contributed by atoms with E-state index < -0.39 is 5.97 Å². The standard InChI is InChI=1S/C22H23O2.C9H8O2.2C2H6.Y/c23-20(9-6-14-4-2-1-3-5-14)24-13-18-11-17-12-19(18)22-16-8-7-15(10-16)21(17)22;10-9(11)7-6-8-4-2-1-3-5-8;2*1-2;/h1-9,11,15-19,21-22H,10,12-13H2;1-7H,(H,10,11);2*1-2H3;/q-1;;;;/b9-6+;7-6+;;;. The van der Waals surface area contributed by atoms with E-state index in [2.05, 4.69) is 18.6 Å². The molecule has 0 spiro atoms. The van der Waals surface area contributed by atoms with Gasteiger partial charge in [-0.2, -0.15) is 5.92 Å². The molecule has 1 radical (unpaired) electrons. The number of carbonyl (C=O) groups is 2. The van der Waals surface area contributed by atoms with Crippen LogP contribution in [0.1, 0.15) is 51.7 Å². The van der Waals surface area contributed by atoms with Gasteiger partial charge in [-0.3, -0.25) is 0 Å². The molecule has 0 aliphatic heterocycles. The van der Waals surface area contributed by atoms with Crippen LogP contribution < -0.4 is 0 Å². The van der Waals surface area contributed by atoms with Crippen molar-refractivity contribution in [2.24, 2.45) is 41.4 Å². The van der Waals surface area contributed by atoms with E-state index in [4.69, 9.17) is 9.84 Å². The van der Waals surface area contributed by atoms with Gasteiger partial charge in [0, 0.05) is 44.9 Å². The Morgan fingerprint density at radius 2 is 1.35 bits per heavy atom. The molecule has 5 heteroatoms. The average Bonchev–Trinajstić information content (AvgIpc) is 3.79. The molecule has 40 heavy (non-hydrogen) atoms. The van der Waals surface area contributed by atoms with Gasteiger partial charge >= 0.3 is 11.9 Å². The van der Waals surface area contributed by atoms with Crippen LogP contribution in [-0.2, 0) is 47.0 Å². The molecule has 0 aromatic heterocycles. The molecular weight excluding hydrogens is 573 g/mol. The Morgan fingerprint density at radius 3 is 1.90 bits per heavy atom. The number of hydrogen-bond donors (Lipinski definition) is 1. The van der Waals surface area contributed by atoms with Crippen LogP contribution in [0.2, 0.25) is 0 Å². The Kier molecular flexibility index (Phi) is 14.8. The molecule has 0 amide bonds. The zero-order chi connectivity index (χ0) is 28.2. The van der Waals surface area contributed by atoms with E-state index in [1.807, 2.05) is 94.4 Å². The van der Waals surface area contributed by atoms with Gasteiger partial charge in [0.1, 0.15) is 0 Å². The second kappa shape index (κ2) is 17.5. The molecule has 7 atom stereocenters. The molecule has 4 nitrogen and oxygen atoms in total. The summed E-state index contributed by atoms with van der Waals surface area (Å²) in [7, 11) is 0. The third-order valence-electron chi connectivity index (χ3n) is 8.01. The minimum Gasteiger partial charge on any atom is -0.478 e. The van der Waals surface area contributed by atoms with Crippen LogP contribution in [-0.4, -0.2) is 23.7 Å². The molecule has 0 saturated heterocycles. The topological polar surface area (TPSA) is 63.6 Å². The summed E-state index contributed by atoms with van der Waals surface area (Å²) in [6.07, 6.45) is 16.2. The van der Waals surface area contributed by atoms with Crippen molar-refractivity contribution in [3.63, 3.8) is 0 Å². The van der Waals surface area contributed by atoms with Gasteiger partial charge in [0.15, 0.2) is 0 Å². The fourth-order valence-electron chi connectivity index (χ4n) is 6.73. The molecule has 3 saturated carbocycles. The maximum atomic E-state index is 12.0. The fourth-order valence-corrected chi connectivity index (χ4v) is 6.73. The number of benzene rings is 2. The van der Waals surface area contributed by atoms with Crippen molar-refractivity contribution in [2.75, 3.05) is 6.61 Å². The van der Waals surface area contributed by atoms with Crippen LogP contribution in [0.4, 0.5) is 0 Å². The number of carbonyl (C=O) groups excluding carboxylic acids is 1. The van der Waals surface area contributed by atoms with Crippen LogP contribution >= 0.6 is 0 Å². The van der Waals surface area contributed by atoms with Gasteiger partial charge < -0.3 is 16.3 Å². The zero-order valence-corrected chi connectivity index (χ0v) is 27.1. The molecule has 6 rings (SSSR count). The van der Waals surface area contributed by atoms with Gasteiger partial charge in [-0.25, -0.2) is 9.59 Å². The van der Waals surface area contributed by atoms with Crippen molar-refractivity contribution in [3.05, 3.63) is 103 Å². The summed E-state index contributed by atoms with van der Waals surface area (Å²) in [5.74, 6) is 4.23. The summed E-state index contributed by atoms with van der Waals surface area (Å²) >= 11 is 0. The first-order chi connectivity index (χ1) is 19.1. The third kappa shape index (κ3) is 8.85. The van der Waals surface area contributed by atoms with E-state index in [-0.39, 0.29) is 38.7 Å². The van der Waals surface area contributed by atoms with Crippen LogP contribution in [0.15, 0.2) is 85.0 Å². The average molecular weight is 617 g/mol. The minimum atomic E-state index is -0.922. The number of ether oxygens (including phenoxy) is 1. The first-order valence-electron chi connectivity index (χ1n) is 14.5. The van der Waals surface area contributed by atoms with Crippen molar-refractivity contribution in [3.8, 4) is 0 Å². The molecule has 2 aromatic rings. The molecular formula is C35H43O4Y-. The van der Waals surface area contributed by atoms with E-state index in [0.717, 1.165) is 52.7 Å². The summed E-state index contributed by atoms with van der Waals surface area (Å²) in [5, 5.41) is 8.29. The number of allylic oxidation sites excluding steroid dienone is 2. The number of esters is 1. The molecule has 4 aliphatic carbocycles. The number of carboxylic acid groups (broad SMARTS) is 1. The number of fused-ring (bicyclic) bond motifs is 9. The van der Waals surface area contributed by atoms with Crippen molar-refractivity contribution in [1.82, 2.24) is 0 Å². The molecule has 4 aliphatic rings. The summed E-state index contributed by atoms with van der Waals surface area (Å²) in [6.45, 7) is 8.56. The SMILES string of the molecule is CC.CC.O=C(/C=C/c1ccccc1)OCC1[CH-]C2CC1C1C3C=CC(C3)C21.O=C(O)/C=C/c1ccccc1.[Y]. The number of aliphatic carboxylic acids is 1. The van der Waals surface area contributed by atoms with Crippen LogP contribution in [0, 0.1) is 47.8 Å². The quantitative estimate of drug-likeness (QED) is 0.118. The Bertz CT molecular complexity index is 1120.